The Bertz CT molecular complexity index is 473. The first-order valence-corrected chi connectivity index (χ1v) is 5.54. The topological polar surface area (TPSA) is 61.0 Å². The molecule has 1 unspecified atom stereocenters. The Morgan fingerprint density at radius 1 is 1.18 bits per heavy atom. The number of hydrogen-bond donors (Lipinski definition) is 1. The number of hydrogen-bond acceptors (Lipinski definition) is 4. The molecule has 2 aromatic heterocycles. The Morgan fingerprint density at radius 3 is 2.65 bits per heavy atom. The molecule has 0 saturated heterocycles. The van der Waals surface area contributed by atoms with Gasteiger partial charge in [0.2, 0.25) is 0 Å². The summed E-state index contributed by atoms with van der Waals surface area (Å²) in [6.45, 7) is 2.56. The minimum Gasteiger partial charge on any atom is -0.492 e. The van der Waals surface area contributed by atoms with E-state index in [1.165, 1.54) is 0 Å². The second-order valence-electron chi connectivity index (χ2n) is 3.65. The lowest BCUT2D eigenvalue weighted by Crippen LogP contribution is -2.12. The summed E-state index contributed by atoms with van der Waals surface area (Å²) in [5.74, 6) is 0.745. The summed E-state index contributed by atoms with van der Waals surface area (Å²) in [4.78, 5) is 8.10. The molecule has 1 atom stereocenters. The molecular formula is C13H15N3O. The molecular weight excluding hydrogens is 214 g/mol. The van der Waals surface area contributed by atoms with Crippen LogP contribution in [0.3, 0.4) is 0 Å². The third-order valence-electron chi connectivity index (χ3n) is 2.47. The molecule has 4 heteroatoms. The van der Waals surface area contributed by atoms with Gasteiger partial charge >= 0.3 is 0 Å². The smallest absolute Gasteiger partial charge is 0.137 e. The van der Waals surface area contributed by atoms with E-state index in [1.54, 1.807) is 24.8 Å². The van der Waals surface area contributed by atoms with Crippen LogP contribution in [-0.2, 0) is 0 Å². The van der Waals surface area contributed by atoms with Crippen molar-refractivity contribution in [2.24, 2.45) is 5.73 Å². The Hall–Kier alpha value is -1.94. The van der Waals surface area contributed by atoms with Crippen molar-refractivity contribution in [3.63, 3.8) is 0 Å². The van der Waals surface area contributed by atoms with Crippen LogP contribution in [0.5, 0.6) is 5.75 Å². The number of nitrogens with zero attached hydrogens (tertiary/aromatic N) is 2. The van der Waals surface area contributed by atoms with E-state index in [4.69, 9.17) is 10.5 Å². The van der Waals surface area contributed by atoms with Gasteiger partial charge in [0.25, 0.3) is 0 Å². The first-order chi connectivity index (χ1) is 8.31. The monoisotopic (exact) mass is 229 g/mol. The molecule has 0 amide bonds. The normalized spacial score (nSPS) is 12.1. The first kappa shape index (κ1) is 11.5. The number of rotatable bonds is 4. The minimum atomic E-state index is -0.203. The summed E-state index contributed by atoms with van der Waals surface area (Å²) in [6, 6.07) is 5.52. The molecule has 0 aliphatic rings. The van der Waals surface area contributed by atoms with Gasteiger partial charge in [-0.15, -0.1) is 0 Å². The zero-order valence-electron chi connectivity index (χ0n) is 9.71. The highest BCUT2D eigenvalue weighted by molar-refractivity contribution is 5.32. The molecule has 0 spiro atoms. The Labute approximate surface area is 100 Å². The molecule has 4 nitrogen and oxygen atoms in total. The Morgan fingerprint density at radius 2 is 1.94 bits per heavy atom. The van der Waals surface area contributed by atoms with Crippen molar-refractivity contribution in [3.05, 3.63) is 54.1 Å². The fourth-order valence-electron chi connectivity index (χ4n) is 1.61. The third-order valence-corrected chi connectivity index (χ3v) is 2.47. The van der Waals surface area contributed by atoms with Gasteiger partial charge in [0.05, 0.1) is 18.8 Å². The summed E-state index contributed by atoms with van der Waals surface area (Å²) >= 11 is 0. The van der Waals surface area contributed by atoms with E-state index < -0.39 is 0 Å². The lowest BCUT2D eigenvalue weighted by Gasteiger charge is -2.12. The predicted octanol–water partition coefficient (Wildman–Crippen LogP) is 1.92. The molecule has 2 heterocycles. The van der Waals surface area contributed by atoms with Crippen LogP contribution in [0.2, 0.25) is 0 Å². The second kappa shape index (κ2) is 5.41. The predicted molar refractivity (Wildman–Crippen MR) is 65.7 cm³/mol. The lowest BCUT2D eigenvalue weighted by atomic mass is 10.0. The van der Waals surface area contributed by atoms with Gasteiger partial charge in [-0.25, -0.2) is 0 Å². The van der Waals surface area contributed by atoms with E-state index in [2.05, 4.69) is 9.97 Å². The highest BCUT2D eigenvalue weighted by atomic mass is 16.5. The zero-order valence-corrected chi connectivity index (χ0v) is 9.71. The maximum Gasteiger partial charge on any atom is 0.137 e. The molecule has 0 saturated carbocycles. The van der Waals surface area contributed by atoms with Crippen molar-refractivity contribution in [1.82, 2.24) is 9.97 Å². The first-order valence-electron chi connectivity index (χ1n) is 5.54. The van der Waals surface area contributed by atoms with Crippen molar-refractivity contribution in [3.8, 4) is 5.75 Å². The molecule has 0 fully saturated rings. The van der Waals surface area contributed by atoms with Crippen LogP contribution >= 0.6 is 0 Å². The van der Waals surface area contributed by atoms with E-state index in [0.29, 0.717) is 6.61 Å². The Balaban J connectivity index is 2.25. The van der Waals surface area contributed by atoms with E-state index in [1.807, 2.05) is 25.1 Å². The maximum atomic E-state index is 6.16. The number of aromatic nitrogens is 2. The second-order valence-corrected chi connectivity index (χ2v) is 3.65. The van der Waals surface area contributed by atoms with Crippen LogP contribution in [0.4, 0.5) is 0 Å². The standard InChI is InChI=1S/C13H15N3O/c1-2-17-12-7-11(8-16-9-12)13(14)10-3-5-15-6-4-10/h3-9,13H,2,14H2,1H3. The molecule has 2 rings (SSSR count). The molecule has 0 aromatic carbocycles. The van der Waals surface area contributed by atoms with E-state index in [-0.39, 0.29) is 6.04 Å². The summed E-state index contributed by atoms with van der Waals surface area (Å²) in [5.41, 5.74) is 8.10. The molecule has 2 N–H and O–H groups in total. The fraction of sp³-hybridized carbons (Fsp3) is 0.231. The Kier molecular flexibility index (Phi) is 3.67. The summed E-state index contributed by atoms with van der Waals surface area (Å²) in [7, 11) is 0. The summed E-state index contributed by atoms with van der Waals surface area (Å²) < 4.78 is 5.40. The highest BCUT2D eigenvalue weighted by Crippen LogP contribution is 2.21. The van der Waals surface area contributed by atoms with Crippen molar-refractivity contribution in [1.29, 1.82) is 0 Å². The van der Waals surface area contributed by atoms with E-state index in [0.717, 1.165) is 16.9 Å². The van der Waals surface area contributed by atoms with E-state index in [9.17, 15) is 0 Å². The van der Waals surface area contributed by atoms with Gasteiger partial charge < -0.3 is 10.5 Å². The van der Waals surface area contributed by atoms with Crippen molar-refractivity contribution >= 4 is 0 Å². The van der Waals surface area contributed by atoms with Gasteiger partial charge in [0.15, 0.2) is 0 Å². The molecule has 2 aromatic rings. The van der Waals surface area contributed by atoms with Crippen LogP contribution < -0.4 is 10.5 Å². The van der Waals surface area contributed by atoms with Gasteiger partial charge in [-0.1, -0.05) is 0 Å². The maximum absolute atomic E-state index is 6.16. The van der Waals surface area contributed by atoms with Crippen LogP contribution in [0.1, 0.15) is 24.1 Å². The van der Waals surface area contributed by atoms with Gasteiger partial charge in [0, 0.05) is 18.6 Å². The molecule has 0 aliphatic carbocycles. The molecule has 88 valence electrons. The number of pyridine rings is 2. The fourth-order valence-corrected chi connectivity index (χ4v) is 1.61. The SMILES string of the molecule is CCOc1cncc(C(N)c2ccncc2)c1. The average molecular weight is 229 g/mol. The van der Waals surface area contributed by atoms with Crippen molar-refractivity contribution in [2.45, 2.75) is 13.0 Å². The van der Waals surface area contributed by atoms with Crippen LogP contribution in [0.25, 0.3) is 0 Å². The summed E-state index contributed by atoms with van der Waals surface area (Å²) in [6.07, 6.45) is 6.91. The lowest BCUT2D eigenvalue weighted by molar-refractivity contribution is 0.338. The minimum absolute atomic E-state index is 0.203. The highest BCUT2D eigenvalue weighted by Gasteiger charge is 2.09. The summed E-state index contributed by atoms with van der Waals surface area (Å²) in [5, 5.41) is 0. The molecule has 0 bridgehead atoms. The van der Waals surface area contributed by atoms with Gasteiger partial charge in [-0.2, -0.15) is 0 Å². The van der Waals surface area contributed by atoms with Gasteiger partial charge in [-0.3, -0.25) is 9.97 Å². The van der Waals surface area contributed by atoms with Crippen LogP contribution in [0, 0.1) is 0 Å². The molecule has 0 aliphatic heterocycles. The van der Waals surface area contributed by atoms with Crippen molar-refractivity contribution < 1.29 is 4.74 Å². The third kappa shape index (κ3) is 2.79. The number of nitrogens with two attached hydrogens (primary N) is 1. The van der Waals surface area contributed by atoms with Gasteiger partial charge in [-0.05, 0) is 36.2 Å². The molecule has 17 heavy (non-hydrogen) atoms. The van der Waals surface area contributed by atoms with Crippen LogP contribution in [-0.4, -0.2) is 16.6 Å². The van der Waals surface area contributed by atoms with Gasteiger partial charge in [0.1, 0.15) is 5.75 Å². The van der Waals surface area contributed by atoms with Crippen LogP contribution in [0.15, 0.2) is 43.0 Å². The van der Waals surface area contributed by atoms with E-state index >= 15 is 0 Å². The largest absolute Gasteiger partial charge is 0.492 e. The number of ether oxygens (including phenoxy) is 1. The van der Waals surface area contributed by atoms with Crippen molar-refractivity contribution in [2.75, 3.05) is 6.61 Å². The quantitative estimate of drug-likeness (QED) is 0.870. The zero-order chi connectivity index (χ0) is 12.1. The molecule has 0 radical (unpaired) electrons. The average Bonchev–Trinajstić information content (AvgIpc) is 2.40.